The Morgan fingerprint density at radius 3 is 2.73 bits per heavy atom. The Bertz CT molecular complexity index is 527. The van der Waals surface area contributed by atoms with Gasteiger partial charge in [0, 0.05) is 18.7 Å². The number of nitrogens with zero attached hydrogens (tertiary/aromatic N) is 1. The lowest BCUT2D eigenvalue weighted by atomic mass is 9.98. The van der Waals surface area contributed by atoms with Gasteiger partial charge in [0.2, 0.25) is 0 Å². The van der Waals surface area contributed by atoms with Crippen LogP contribution in [0.5, 0.6) is 5.75 Å². The molecule has 0 radical (unpaired) electrons. The Morgan fingerprint density at radius 1 is 1.32 bits per heavy atom. The smallest absolute Gasteiger partial charge is 0.254 e. The van der Waals surface area contributed by atoms with Gasteiger partial charge in [-0.15, -0.1) is 12.4 Å². The molecule has 4 nitrogen and oxygen atoms in total. The molecule has 5 heteroatoms. The highest BCUT2D eigenvalue weighted by Gasteiger charge is 2.29. The fraction of sp³-hybridized carbons (Fsp3) is 0.588. The third-order valence-corrected chi connectivity index (χ3v) is 4.27. The predicted octanol–water partition coefficient (Wildman–Crippen LogP) is 2.85. The molecule has 1 N–H and O–H groups in total. The molecule has 3 rings (SSSR count). The molecule has 22 heavy (non-hydrogen) atoms. The molecule has 0 spiro atoms. The van der Waals surface area contributed by atoms with Crippen molar-refractivity contribution in [3.63, 3.8) is 0 Å². The third kappa shape index (κ3) is 3.73. The molecule has 1 aromatic carbocycles. The average Bonchev–Trinajstić information content (AvgIpc) is 2.76. The van der Waals surface area contributed by atoms with E-state index in [1.165, 1.54) is 12.8 Å². The lowest BCUT2D eigenvalue weighted by molar-refractivity contribution is 0.0740. The Hall–Kier alpha value is -1.26. The lowest BCUT2D eigenvalue weighted by Crippen LogP contribution is -2.36. The van der Waals surface area contributed by atoms with Crippen molar-refractivity contribution >= 4 is 18.3 Å². The van der Waals surface area contributed by atoms with E-state index in [9.17, 15) is 4.79 Å². The van der Waals surface area contributed by atoms with Gasteiger partial charge in [0.15, 0.2) is 0 Å². The fourth-order valence-electron chi connectivity index (χ4n) is 3.21. The highest BCUT2D eigenvalue weighted by atomic mass is 35.5. The van der Waals surface area contributed by atoms with Gasteiger partial charge in [0.25, 0.3) is 5.91 Å². The number of nitrogens with one attached hydrogen (secondary N) is 1. The van der Waals surface area contributed by atoms with Crippen LogP contribution in [0.4, 0.5) is 0 Å². The zero-order valence-corrected chi connectivity index (χ0v) is 14.1. The van der Waals surface area contributed by atoms with Gasteiger partial charge in [-0.05, 0) is 63.4 Å². The van der Waals surface area contributed by atoms with Crippen molar-refractivity contribution in [3.05, 3.63) is 29.3 Å². The van der Waals surface area contributed by atoms with Crippen LogP contribution in [0.1, 0.15) is 42.6 Å². The number of carbonyl (C=O) groups excluding carboxylic acids is 1. The Labute approximate surface area is 138 Å². The van der Waals surface area contributed by atoms with E-state index < -0.39 is 0 Å². The molecule has 0 aromatic heterocycles. The molecule has 1 saturated heterocycles. The molecule has 2 aliphatic rings. The zero-order valence-electron chi connectivity index (χ0n) is 13.3. The standard InChI is InChI=1S/C17H24N2O2.ClH/c1-12(2)21-15-4-3-14-11-19(17(20)16(14)9-15)10-13-5-7-18-8-6-13;/h3-4,9,12-13,18H,5-8,10-11H2,1-2H3;1H. The van der Waals surface area contributed by atoms with Crippen LogP contribution in [0.3, 0.4) is 0 Å². The summed E-state index contributed by atoms with van der Waals surface area (Å²) in [6.07, 6.45) is 2.47. The first-order valence-electron chi connectivity index (χ1n) is 7.93. The van der Waals surface area contributed by atoms with E-state index in [0.717, 1.165) is 43.1 Å². The second kappa shape index (κ2) is 7.34. The molecule has 122 valence electrons. The summed E-state index contributed by atoms with van der Waals surface area (Å²) < 4.78 is 5.69. The number of benzene rings is 1. The van der Waals surface area contributed by atoms with Gasteiger partial charge in [0.05, 0.1) is 6.10 Å². The van der Waals surface area contributed by atoms with Crippen LogP contribution in [-0.2, 0) is 6.54 Å². The van der Waals surface area contributed by atoms with E-state index in [0.29, 0.717) is 5.92 Å². The van der Waals surface area contributed by atoms with Gasteiger partial charge in [-0.25, -0.2) is 0 Å². The molecule has 2 heterocycles. The molecule has 2 aliphatic heterocycles. The van der Waals surface area contributed by atoms with Gasteiger partial charge < -0.3 is 15.0 Å². The molecular formula is C17H25ClN2O2. The van der Waals surface area contributed by atoms with Gasteiger partial charge in [-0.1, -0.05) is 6.07 Å². The lowest BCUT2D eigenvalue weighted by Gasteiger charge is -2.27. The number of ether oxygens (including phenoxy) is 1. The van der Waals surface area contributed by atoms with E-state index in [4.69, 9.17) is 4.74 Å². The number of amides is 1. The molecule has 0 bridgehead atoms. The summed E-state index contributed by atoms with van der Waals surface area (Å²) in [6.45, 7) is 7.78. The molecule has 0 saturated carbocycles. The maximum atomic E-state index is 12.6. The maximum absolute atomic E-state index is 12.6. The van der Waals surface area contributed by atoms with Crippen LogP contribution in [0.2, 0.25) is 0 Å². The first kappa shape index (κ1) is 17.1. The topological polar surface area (TPSA) is 41.6 Å². The maximum Gasteiger partial charge on any atom is 0.254 e. The average molecular weight is 325 g/mol. The van der Waals surface area contributed by atoms with E-state index in [1.807, 2.05) is 36.9 Å². The monoisotopic (exact) mass is 324 g/mol. The Balaban J connectivity index is 0.00000176. The third-order valence-electron chi connectivity index (χ3n) is 4.27. The van der Waals surface area contributed by atoms with Crippen LogP contribution in [0, 0.1) is 5.92 Å². The minimum absolute atomic E-state index is 0. The Morgan fingerprint density at radius 2 is 2.05 bits per heavy atom. The van der Waals surface area contributed by atoms with E-state index in [2.05, 4.69) is 5.32 Å². The normalized spacial score (nSPS) is 18.3. The fourth-order valence-corrected chi connectivity index (χ4v) is 3.21. The van der Waals surface area contributed by atoms with Crippen molar-refractivity contribution in [1.29, 1.82) is 0 Å². The predicted molar refractivity (Wildman–Crippen MR) is 89.8 cm³/mol. The van der Waals surface area contributed by atoms with Crippen molar-refractivity contribution in [2.24, 2.45) is 5.92 Å². The minimum atomic E-state index is 0. The van der Waals surface area contributed by atoms with Gasteiger partial charge in [-0.2, -0.15) is 0 Å². The quantitative estimate of drug-likeness (QED) is 0.926. The SMILES string of the molecule is CC(C)Oc1ccc2c(c1)C(=O)N(CC1CCNCC1)C2.Cl. The van der Waals surface area contributed by atoms with Crippen molar-refractivity contribution < 1.29 is 9.53 Å². The van der Waals surface area contributed by atoms with Crippen molar-refractivity contribution in [2.45, 2.75) is 39.3 Å². The number of carbonyl (C=O) groups is 1. The summed E-state index contributed by atoms with van der Waals surface area (Å²) in [5.74, 6) is 1.59. The Kier molecular flexibility index (Phi) is 5.70. The zero-order chi connectivity index (χ0) is 14.8. The number of fused-ring (bicyclic) bond motifs is 1. The van der Waals surface area contributed by atoms with Crippen LogP contribution >= 0.6 is 12.4 Å². The molecule has 1 aromatic rings. The van der Waals surface area contributed by atoms with Gasteiger partial charge in [0.1, 0.15) is 5.75 Å². The van der Waals surface area contributed by atoms with Crippen LogP contribution < -0.4 is 10.1 Å². The van der Waals surface area contributed by atoms with Gasteiger partial charge in [-0.3, -0.25) is 4.79 Å². The summed E-state index contributed by atoms with van der Waals surface area (Å²) in [7, 11) is 0. The molecule has 1 fully saturated rings. The summed E-state index contributed by atoms with van der Waals surface area (Å²) in [4.78, 5) is 14.6. The van der Waals surface area contributed by atoms with Crippen LogP contribution in [0.25, 0.3) is 0 Å². The number of halogens is 1. The summed E-state index contributed by atoms with van der Waals surface area (Å²) in [6, 6.07) is 5.91. The largest absolute Gasteiger partial charge is 0.491 e. The van der Waals surface area contributed by atoms with Gasteiger partial charge >= 0.3 is 0 Å². The molecular weight excluding hydrogens is 300 g/mol. The first-order chi connectivity index (χ1) is 10.1. The van der Waals surface area contributed by atoms with E-state index in [-0.39, 0.29) is 24.4 Å². The van der Waals surface area contributed by atoms with Crippen LogP contribution in [0.15, 0.2) is 18.2 Å². The number of hydrogen-bond acceptors (Lipinski definition) is 3. The van der Waals surface area contributed by atoms with Crippen molar-refractivity contribution in [2.75, 3.05) is 19.6 Å². The minimum Gasteiger partial charge on any atom is -0.491 e. The van der Waals surface area contributed by atoms with Crippen molar-refractivity contribution in [3.8, 4) is 5.75 Å². The molecule has 0 atom stereocenters. The van der Waals surface area contributed by atoms with Crippen molar-refractivity contribution in [1.82, 2.24) is 10.2 Å². The summed E-state index contributed by atoms with van der Waals surface area (Å²) >= 11 is 0. The number of piperidine rings is 1. The second-order valence-corrected chi connectivity index (χ2v) is 6.36. The van der Waals surface area contributed by atoms with E-state index in [1.54, 1.807) is 0 Å². The number of hydrogen-bond donors (Lipinski definition) is 1. The second-order valence-electron chi connectivity index (χ2n) is 6.36. The van der Waals surface area contributed by atoms with E-state index >= 15 is 0 Å². The highest BCUT2D eigenvalue weighted by Crippen LogP contribution is 2.28. The highest BCUT2D eigenvalue weighted by molar-refractivity contribution is 5.98. The summed E-state index contributed by atoms with van der Waals surface area (Å²) in [5.41, 5.74) is 1.95. The van der Waals surface area contributed by atoms with Crippen LogP contribution in [-0.4, -0.2) is 36.5 Å². The molecule has 0 unspecified atom stereocenters. The molecule has 1 amide bonds. The first-order valence-corrected chi connectivity index (χ1v) is 7.93. The summed E-state index contributed by atoms with van der Waals surface area (Å²) in [5, 5.41) is 3.37. The number of rotatable bonds is 4. The molecule has 0 aliphatic carbocycles.